The van der Waals surface area contributed by atoms with Crippen molar-refractivity contribution in [1.82, 2.24) is 0 Å². The maximum absolute atomic E-state index is 10.5. The largest absolute Gasteiger partial charge is 0.496 e. The molecule has 0 aromatic heterocycles. The minimum Gasteiger partial charge on any atom is -0.496 e. The lowest BCUT2D eigenvalue weighted by atomic mass is 10.2. The highest BCUT2D eigenvalue weighted by molar-refractivity contribution is 7.98. The number of hydrogen-bond donors (Lipinski definition) is 2. The maximum atomic E-state index is 10.5. The molecule has 0 saturated heterocycles. The van der Waals surface area contributed by atoms with E-state index in [1.807, 2.05) is 24.3 Å². The molecule has 0 heterocycles. The summed E-state index contributed by atoms with van der Waals surface area (Å²) in [7, 11) is 1.62. The lowest BCUT2D eigenvalue weighted by molar-refractivity contribution is -0.137. The first-order valence-electron chi connectivity index (χ1n) is 4.83. The van der Waals surface area contributed by atoms with Crippen molar-refractivity contribution in [2.24, 2.45) is 5.73 Å². The van der Waals surface area contributed by atoms with Crippen molar-refractivity contribution < 1.29 is 14.6 Å². The van der Waals surface area contributed by atoms with Gasteiger partial charge in [0.25, 0.3) is 0 Å². The first-order valence-corrected chi connectivity index (χ1v) is 5.98. The molecule has 0 bridgehead atoms. The Balaban J connectivity index is 2.45. The summed E-state index contributed by atoms with van der Waals surface area (Å²) in [6, 6.07) is 6.86. The predicted molar refractivity (Wildman–Crippen MR) is 64.8 cm³/mol. The van der Waals surface area contributed by atoms with E-state index in [0.717, 1.165) is 11.3 Å². The Morgan fingerprint density at radius 2 is 2.25 bits per heavy atom. The molecule has 1 atom stereocenters. The molecule has 0 amide bonds. The van der Waals surface area contributed by atoms with E-state index in [4.69, 9.17) is 15.6 Å². The van der Waals surface area contributed by atoms with Crippen molar-refractivity contribution in [3.63, 3.8) is 0 Å². The van der Waals surface area contributed by atoms with Crippen molar-refractivity contribution in [2.75, 3.05) is 12.9 Å². The van der Waals surface area contributed by atoms with Crippen LogP contribution in [0.15, 0.2) is 24.3 Å². The van der Waals surface area contributed by atoms with Crippen LogP contribution >= 0.6 is 11.8 Å². The fourth-order valence-electron chi connectivity index (χ4n) is 1.19. The van der Waals surface area contributed by atoms with Gasteiger partial charge in [-0.25, -0.2) is 0 Å². The van der Waals surface area contributed by atoms with Gasteiger partial charge in [-0.1, -0.05) is 18.2 Å². The SMILES string of the molecule is COc1ccccc1CSC[C@@H](N)C(=O)O. The quantitative estimate of drug-likeness (QED) is 0.786. The van der Waals surface area contributed by atoms with Gasteiger partial charge in [0.15, 0.2) is 0 Å². The zero-order chi connectivity index (χ0) is 12.0. The molecule has 0 aliphatic rings. The van der Waals surface area contributed by atoms with Crippen LogP contribution < -0.4 is 10.5 Å². The Morgan fingerprint density at radius 3 is 2.88 bits per heavy atom. The number of rotatable bonds is 6. The lowest BCUT2D eigenvalue weighted by Crippen LogP contribution is -2.32. The van der Waals surface area contributed by atoms with E-state index in [2.05, 4.69) is 0 Å². The van der Waals surface area contributed by atoms with Crippen LogP contribution in [0.5, 0.6) is 5.75 Å². The van der Waals surface area contributed by atoms with E-state index >= 15 is 0 Å². The summed E-state index contributed by atoms with van der Waals surface area (Å²) in [5.74, 6) is 0.949. The van der Waals surface area contributed by atoms with E-state index in [-0.39, 0.29) is 0 Å². The smallest absolute Gasteiger partial charge is 0.321 e. The number of carboxylic acids is 1. The van der Waals surface area contributed by atoms with Gasteiger partial charge in [-0.05, 0) is 6.07 Å². The Morgan fingerprint density at radius 1 is 1.56 bits per heavy atom. The number of aliphatic carboxylic acids is 1. The average molecular weight is 241 g/mol. The van der Waals surface area contributed by atoms with Crippen molar-refractivity contribution in [3.8, 4) is 5.75 Å². The highest BCUT2D eigenvalue weighted by Gasteiger charge is 2.11. The zero-order valence-electron chi connectivity index (χ0n) is 9.05. The van der Waals surface area contributed by atoms with Gasteiger partial charge in [0.2, 0.25) is 0 Å². The van der Waals surface area contributed by atoms with E-state index in [1.54, 1.807) is 7.11 Å². The third-order valence-electron chi connectivity index (χ3n) is 2.06. The standard InChI is InChI=1S/C11H15NO3S/c1-15-10-5-3-2-4-8(10)6-16-7-9(12)11(13)14/h2-5,9H,6-7,12H2,1H3,(H,13,14)/t9-/m1/s1. The zero-order valence-corrected chi connectivity index (χ0v) is 9.87. The van der Waals surface area contributed by atoms with E-state index in [1.165, 1.54) is 11.8 Å². The van der Waals surface area contributed by atoms with Crippen LogP contribution in [-0.2, 0) is 10.5 Å². The first kappa shape index (κ1) is 12.9. The molecule has 16 heavy (non-hydrogen) atoms. The van der Waals surface area contributed by atoms with Crippen LogP contribution in [0.2, 0.25) is 0 Å². The lowest BCUT2D eigenvalue weighted by Gasteiger charge is -2.09. The number of nitrogens with two attached hydrogens (primary N) is 1. The molecule has 0 spiro atoms. The molecule has 88 valence electrons. The Labute approximate surface area is 98.8 Å². The number of carbonyl (C=O) groups is 1. The Bertz CT molecular complexity index is 357. The van der Waals surface area contributed by atoms with Crippen molar-refractivity contribution in [2.45, 2.75) is 11.8 Å². The van der Waals surface area contributed by atoms with Gasteiger partial charge in [0.1, 0.15) is 11.8 Å². The van der Waals surface area contributed by atoms with Crippen LogP contribution in [-0.4, -0.2) is 30.0 Å². The molecule has 1 aromatic rings. The summed E-state index contributed by atoms with van der Waals surface area (Å²) in [5.41, 5.74) is 6.45. The summed E-state index contributed by atoms with van der Waals surface area (Å²) in [5, 5.41) is 8.62. The summed E-state index contributed by atoms with van der Waals surface area (Å²) in [4.78, 5) is 10.5. The maximum Gasteiger partial charge on any atom is 0.321 e. The molecule has 1 rings (SSSR count). The number of thioether (sulfide) groups is 1. The fraction of sp³-hybridized carbons (Fsp3) is 0.364. The molecule has 0 radical (unpaired) electrons. The summed E-state index contributed by atoms with van der Waals surface area (Å²) in [6.07, 6.45) is 0. The van der Waals surface area contributed by atoms with Crippen molar-refractivity contribution in [1.29, 1.82) is 0 Å². The molecule has 0 aliphatic heterocycles. The molecule has 1 aromatic carbocycles. The van der Waals surface area contributed by atoms with E-state index in [0.29, 0.717) is 11.5 Å². The fourth-order valence-corrected chi connectivity index (χ4v) is 2.16. The van der Waals surface area contributed by atoms with Gasteiger partial charge in [0, 0.05) is 17.1 Å². The second kappa shape index (κ2) is 6.40. The van der Waals surface area contributed by atoms with E-state index in [9.17, 15) is 4.79 Å². The second-order valence-corrected chi connectivity index (χ2v) is 4.30. The second-order valence-electron chi connectivity index (χ2n) is 3.27. The first-order chi connectivity index (χ1) is 7.65. The molecule has 0 aliphatic carbocycles. The molecular formula is C11H15NO3S. The van der Waals surface area contributed by atoms with Crippen LogP contribution in [0.3, 0.4) is 0 Å². The molecule has 0 unspecified atom stereocenters. The van der Waals surface area contributed by atoms with Crippen LogP contribution in [0.25, 0.3) is 0 Å². The van der Waals surface area contributed by atoms with E-state index < -0.39 is 12.0 Å². The third-order valence-corrected chi connectivity index (χ3v) is 3.17. The van der Waals surface area contributed by atoms with Crippen molar-refractivity contribution >= 4 is 17.7 Å². The van der Waals surface area contributed by atoms with Gasteiger partial charge < -0.3 is 15.6 Å². The summed E-state index contributed by atoms with van der Waals surface area (Å²) >= 11 is 1.49. The monoisotopic (exact) mass is 241 g/mol. The van der Waals surface area contributed by atoms with Crippen molar-refractivity contribution in [3.05, 3.63) is 29.8 Å². The van der Waals surface area contributed by atoms with Crippen LogP contribution in [0.4, 0.5) is 0 Å². The molecule has 5 heteroatoms. The van der Waals surface area contributed by atoms with Gasteiger partial charge in [0.05, 0.1) is 7.11 Å². The highest BCUT2D eigenvalue weighted by Crippen LogP contribution is 2.22. The van der Waals surface area contributed by atoms with Gasteiger partial charge in [-0.2, -0.15) is 11.8 Å². The third kappa shape index (κ3) is 3.75. The molecule has 0 saturated carbocycles. The molecule has 4 nitrogen and oxygen atoms in total. The summed E-state index contributed by atoms with van der Waals surface area (Å²) in [6.45, 7) is 0. The van der Waals surface area contributed by atoms with Gasteiger partial charge in [-0.3, -0.25) is 4.79 Å². The van der Waals surface area contributed by atoms with Gasteiger partial charge in [-0.15, -0.1) is 0 Å². The molecular weight excluding hydrogens is 226 g/mol. The number of hydrogen-bond acceptors (Lipinski definition) is 4. The number of ether oxygens (including phenoxy) is 1. The minimum atomic E-state index is -0.965. The topological polar surface area (TPSA) is 72.5 Å². The average Bonchev–Trinajstić information content (AvgIpc) is 2.29. The van der Waals surface area contributed by atoms with Crippen LogP contribution in [0.1, 0.15) is 5.56 Å². The highest BCUT2D eigenvalue weighted by atomic mass is 32.2. The van der Waals surface area contributed by atoms with Crippen LogP contribution in [0, 0.1) is 0 Å². The number of methoxy groups -OCH3 is 1. The minimum absolute atomic E-state index is 0.396. The Hall–Kier alpha value is -1.20. The molecule has 0 fully saturated rings. The summed E-state index contributed by atoms with van der Waals surface area (Å²) < 4.78 is 5.19. The number of carboxylic acid groups (broad SMARTS) is 1. The number of para-hydroxylation sites is 1. The normalized spacial score (nSPS) is 12.1. The Kier molecular flexibility index (Phi) is 5.14. The predicted octanol–water partition coefficient (Wildman–Crippen LogP) is 1.34. The number of benzene rings is 1. The molecule has 3 N–H and O–H groups in total. The van der Waals surface area contributed by atoms with Gasteiger partial charge >= 0.3 is 5.97 Å².